The van der Waals surface area contributed by atoms with Gasteiger partial charge in [-0.1, -0.05) is 41.5 Å². The summed E-state index contributed by atoms with van der Waals surface area (Å²) in [6.07, 6.45) is 7.92. The fraction of sp³-hybridized carbons (Fsp3) is 1.00. The molecule has 0 aromatic carbocycles. The van der Waals surface area contributed by atoms with Crippen LogP contribution in [0.15, 0.2) is 0 Å². The molecule has 0 amide bonds. The van der Waals surface area contributed by atoms with Crippen molar-refractivity contribution in [3.63, 3.8) is 0 Å². The van der Waals surface area contributed by atoms with Gasteiger partial charge in [0.1, 0.15) is 0 Å². The Hall–Kier alpha value is -0.0800. The van der Waals surface area contributed by atoms with Crippen molar-refractivity contribution in [1.29, 1.82) is 0 Å². The van der Waals surface area contributed by atoms with Crippen LogP contribution in [0.25, 0.3) is 0 Å². The van der Waals surface area contributed by atoms with Crippen LogP contribution in [0.1, 0.15) is 80.1 Å². The number of nitrogens with one attached hydrogen (secondary N) is 1. The lowest BCUT2D eigenvalue weighted by Gasteiger charge is -2.50. The van der Waals surface area contributed by atoms with Crippen LogP contribution in [-0.2, 0) is 0 Å². The zero-order valence-electron chi connectivity index (χ0n) is 15.4. The molecule has 1 saturated carbocycles. The highest BCUT2D eigenvalue weighted by Gasteiger charge is 2.42. The summed E-state index contributed by atoms with van der Waals surface area (Å²) in [7, 11) is 0. The van der Waals surface area contributed by atoms with Gasteiger partial charge in [-0.25, -0.2) is 0 Å². The quantitative estimate of drug-likeness (QED) is 0.827. The summed E-state index contributed by atoms with van der Waals surface area (Å²) in [5, 5.41) is 3.86. The molecular formula is C19H38N2. The van der Waals surface area contributed by atoms with Gasteiger partial charge in [0.25, 0.3) is 0 Å². The number of nitrogens with zero attached hydrogens (tertiary/aromatic N) is 1. The van der Waals surface area contributed by atoms with Crippen LogP contribution in [0.4, 0.5) is 0 Å². The van der Waals surface area contributed by atoms with Crippen molar-refractivity contribution in [3.05, 3.63) is 0 Å². The molecular weight excluding hydrogens is 256 g/mol. The first-order chi connectivity index (χ1) is 9.71. The molecule has 1 aliphatic carbocycles. The molecule has 1 heterocycles. The Morgan fingerprint density at radius 2 is 1.57 bits per heavy atom. The van der Waals surface area contributed by atoms with Gasteiger partial charge in [-0.3, -0.25) is 4.90 Å². The van der Waals surface area contributed by atoms with Crippen LogP contribution in [0.3, 0.4) is 0 Å². The lowest BCUT2D eigenvalue weighted by atomic mass is 9.63. The summed E-state index contributed by atoms with van der Waals surface area (Å²) in [4.78, 5) is 2.84. The fourth-order valence-corrected chi connectivity index (χ4v) is 5.24. The smallest absolute Gasteiger partial charge is 0.0303 e. The molecule has 1 aliphatic heterocycles. The molecule has 0 radical (unpaired) electrons. The fourth-order valence-electron chi connectivity index (χ4n) is 5.24. The van der Waals surface area contributed by atoms with E-state index >= 15 is 0 Å². The normalized spacial score (nSPS) is 30.0. The number of hydrogen-bond donors (Lipinski definition) is 1. The van der Waals surface area contributed by atoms with Crippen LogP contribution < -0.4 is 5.32 Å². The molecule has 0 aromatic heterocycles. The van der Waals surface area contributed by atoms with Crippen LogP contribution in [0, 0.1) is 10.8 Å². The zero-order chi connectivity index (χ0) is 15.7. The maximum Gasteiger partial charge on any atom is 0.0303 e. The van der Waals surface area contributed by atoms with Crippen molar-refractivity contribution in [3.8, 4) is 0 Å². The van der Waals surface area contributed by atoms with E-state index in [-0.39, 0.29) is 0 Å². The van der Waals surface area contributed by atoms with Gasteiger partial charge in [0, 0.05) is 18.1 Å². The van der Waals surface area contributed by atoms with E-state index in [0.717, 1.165) is 6.04 Å². The van der Waals surface area contributed by atoms with Gasteiger partial charge in [0.2, 0.25) is 0 Å². The van der Waals surface area contributed by atoms with Crippen LogP contribution >= 0.6 is 0 Å². The second-order valence-electron chi connectivity index (χ2n) is 9.31. The standard InChI is InChI=1S/C19H38N2/c1-7-19(8-2)15-21(11-9-10-20-19)16-12-17(3,4)14-18(5,6)13-16/h16,20H,7-15H2,1-6H3. The molecule has 2 rings (SSSR count). The minimum absolute atomic E-state index is 0.349. The molecule has 2 nitrogen and oxygen atoms in total. The van der Waals surface area contributed by atoms with E-state index in [2.05, 4.69) is 51.8 Å². The molecule has 21 heavy (non-hydrogen) atoms. The van der Waals surface area contributed by atoms with E-state index in [1.807, 2.05) is 0 Å². The van der Waals surface area contributed by atoms with Crippen molar-refractivity contribution in [2.45, 2.75) is 91.6 Å². The Labute approximate surface area is 133 Å². The second-order valence-corrected chi connectivity index (χ2v) is 9.31. The molecule has 2 aliphatic rings. The summed E-state index contributed by atoms with van der Waals surface area (Å²) < 4.78 is 0. The van der Waals surface area contributed by atoms with E-state index in [9.17, 15) is 0 Å². The van der Waals surface area contributed by atoms with E-state index in [4.69, 9.17) is 0 Å². The van der Waals surface area contributed by atoms with Gasteiger partial charge in [-0.15, -0.1) is 0 Å². The Bertz CT molecular complexity index is 325. The first-order valence-corrected chi connectivity index (χ1v) is 9.20. The maximum absolute atomic E-state index is 3.86. The van der Waals surface area contributed by atoms with Gasteiger partial charge in [0.15, 0.2) is 0 Å². The van der Waals surface area contributed by atoms with Gasteiger partial charge >= 0.3 is 0 Å². The maximum atomic E-state index is 3.86. The molecule has 0 aromatic rings. The van der Waals surface area contributed by atoms with E-state index < -0.39 is 0 Å². The predicted octanol–water partition coefficient (Wildman–Crippen LogP) is 4.45. The topological polar surface area (TPSA) is 15.3 Å². The minimum atomic E-state index is 0.349. The lowest BCUT2D eigenvalue weighted by molar-refractivity contribution is 0.0158. The Balaban J connectivity index is 2.15. The average Bonchev–Trinajstić information content (AvgIpc) is 2.58. The van der Waals surface area contributed by atoms with Crippen molar-refractivity contribution >= 4 is 0 Å². The molecule has 2 fully saturated rings. The Morgan fingerprint density at radius 3 is 2.10 bits per heavy atom. The van der Waals surface area contributed by atoms with E-state index in [1.165, 1.54) is 58.2 Å². The average molecular weight is 295 g/mol. The summed E-state index contributed by atoms with van der Waals surface area (Å²) in [5.74, 6) is 0. The summed E-state index contributed by atoms with van der Waals surface area (Å²) >= 11 is 0. The molecule has 2 heteroatoms. The summed E-state index contributed by atoms with van der Waals surface area (Å²) in [6, 6.07) is 0.779. The van der Waals surface area contributed by atoms with Crippen LogP contribution in [0.5, 0.6) is 0 Å². The predicted molar refractivity (Wildman–Crippen MR) is 92.7 cm³/mol. The molecule has 0 atom stereocenters. The van der Waals surface area contributed by atoms with E-state index in [1.54, 1.807) is 0 Å². The zero-order valence-corrected chi connectivity index (χ0v) is 15.4. The monoisotopic (exact) mass is 294 g/mol. The number of rotatable bonds is 3. The third-order valence-electron chi connectivity index (χ3n) is 6.03. The Morgan fingerprint density at radius 1 is 1.00 bits per heavy atom. The third kappa shape index (κ3) is 4.22. The summed E-state index contributed by atoms with van der Waals surface area (Å²) in [6.45, 7) is 18.3. The molecule has 0 spiro atoms. The SMILES string of the molecule is CCC1(CC)CN(C2CC(C)(C)CC(C)(C)C2)CCCN1. The molecule has 124 valence electrons. The summed E-state index contributed by atoms with van der Waals surface area (Å²) in [5.41, 5.74) is 1.34. The highest BCUT2D eigenvalue weighted by molar-refractivity contribution is 4.98. The molecule has 0 bridgehead atoms. The van der Waals surface area contributed by atoms with Crippen LogP contribution in [0.2, 0.25) is 0 Å². The Kier molecular flexibility index (Phi) is 5.10. The minimum Gasteiger partial charge on any atom is -0.310 e. The van der Waals surface area contributed by atoms with Crippen LogP contribution in [-0.4, -0.2) is 36.1 Å². The van der Waals surface area contributed by atoms with Crippen molar-refractivity contribution in [1.82, 2.24) is 10.2 Å². The highest BCUT2D eigenvalue weighted by Crippen LogP contribution is 2.47. The van der Waals surface area contributed by atoms with Crippen molar-refractivity contribution in [2.24, 2.45) is 10.8 Å². The number of hydrogen-bond acceptors (Lipinski definition) is 2. The van der Waals surface area contributed by atoms with Crippen molar-refractivity contribution in [2.75, 3.05) is 19.6 Å². The highest BCUT2D eigenvalue weighted by atomic mass is 15.2. The largest absolute Gasteiger partial charge is 0.310 e. The lowest BCUT2D eigenvalue weighted by Crippen LogP contribution is -2.54. The molecule has 1 saturated heterocycles. The molecule has 0 unspecified atom stereocenters. The second kappa shape index (κ2) is 6.20. The first kappa shape index (κ1) is 17.3. The van der Waals surface area contributed by atoms with Gasteiger partial charge in [-0.2, -0.15) is 0 Å². The van der Waals surface area contributed by atoms with E-state index in [0.29, 0.717) is 16.4 Å². The molecule has 1 N–H and O–H groups in total. The first-order valence-electron chi connectivity index (χ1n) is 9.20. The van der Waals surface area contributed by atoms with Gasteiger partial charge < -0.3 is 5.32 Å². The van der Waals surface area contributed by atoms with Gasteiger partial charge in [0.05, 0.1) is 0 Å². The third-order valence-corrected chi connectivity index (χ3v) is 6.03. The van der Waals surface area contributed by atoms with Gasteiger partial charge in [-0.05, 0) is 62.4 Å². The van der Waals surface area contributed by atoms with Crippen molar-refractivity contribution < 1.29 is 0 Å².